The monoisotopic (exact) mass is 387 g/mol. The van der Waals surface area contributed by atoms with Gasteiger partial charge in [-0.05, 0) is 11.8 Å². The molecule has 0 bridgehead atoms. The van der Waals surface area contributed by atoms with Gasteiger partial charge in [-0.3, -0.25) is 19.2 Å². The average Bonchev–Trinajstić information content (AvgIpc) is 2.54. The summed E-state index contributed by atoms with van der Waals surface area (Å²) < 4.78 is 0. The molecule has 0 rings (SSSR count). The SMILES string of the molecule is CC(C)C(NC(=O)CN)C(=O)NC(C(=O)NC(CC(N)=O)C(=O)O)C(C)C. The number of hydrogen-bond acceptors (Lipinski definition) is 6. The van der Waals surface area contributed by atoms with Crippen molar-refractivity contribution in [2.24, 2.45) is 23.3 Å². The molecule has 3 atom stereocenters. The second kappa shape index (κ2) is 11.1. The maximum Gasteiger partial charge on any atom is 0.326 e. The van der Waals surface area contributed by atoms with E-state index in [1.54, 1.807) is 27.7 Å². The molecule has 8 N–H and O–H groups in total. The van der Waals surface area contributed by atoms with Crippen LogP contribution in [0.15, 0.2) is 0 Å². The third kappa shape index (κ3) is 8.49. The number of aliphatic carboxylic acids is 1. The topological polar surface area (TPSA) is 194 Å². The molecule has 0 aromatic rings. The fourth-order valence-corrected chi connectivity index (χ4v) is 2.21. The predicted molar refractivity (Wildman–Crippen MR) is 96.0 cm³/mol. The van der Waals surface area contributed by atoms with Crippen LogP contribution in [0.4, 0.5) is 0 Å². The molecule has 0 spiro atoms. The van der Waals surface area contributed by atoms with Crippen LogP contribution in [0, 0.1) is 11.8 Å². The van der Waals surface area contributed by atoms with Crippen molar-refractivity contribution in [3.63, 3.8) is 0 Å². The van der Waals surface area contributed by atoms with E-state index in [2.05, 4.69) is 16.0 Å². The Morgan fingerprint density at radius 2 is 1.30 bits per heavy atom. The van der Waals surface area contributed by atoms with Crippen LogP contribution in [0.5, 0.6) is 0 Å². The van der Waals surface area contributed by atoms with Crippen molar-refractivity contribution >= 4 is 29.6 Å². The first kappa shape index (κ1) is 24.3. The maximum atomic E-state index is 12.5. The van der Waals surface area contributed by atoms with Crippen molar-refractivity contribution in [2.75, 3.05) is 6.54 Å². The Balaban J connectivity index is 5.27. The van der Waals surface area contributed by atoms with E-state index in [9.17, 15) is 24.0 Å². The molecule has 27 heavy (non-hydrogen) atoms. The first-order valence-corrected chi connectivity index (χ1v) is 8.51. The third-order valence-corrected chi connectivity index (χ3v) is 3.72. The van der Waals surface area contributed by atoms with E-state index in [0.29, 0.717) is 0 Å². The summed E-state index contributed by atoms with van der Waals surface area (Å²) in [5, 5.41) is 16.3. The summed E-state index contributed by atoms with van der Waals surface area (Å²) in [6.45, 7) is 6.42. The largest absolute Gasteiger partial charge is 0.480 e. The van der Waals surface area contributed by atoms with Crippen molar-refractivity contribution < 1.29 is 29.1 Å². The lowest BCUT2D eigenvalue weighted by atomic mass is 9.99. The van der Waals surface area contributed by atoms with Crippen LogP contribution in [-0.2, 0) is 24.0 Å². The van der Waals surface area contributed by atoms with Gasteiger partial charge in [0.2, 0.25) is 23.6 Å². The Hall–Kier alpha value is -2.69. The molecule has 0 radical (unpaired) electrons. The number of carboxylic acid groups (broad SMARTS) is 1. The number of rotatable bonds is 11. The number of nitrogens with two attached hydrogens (primary N) is 2. The molecule has 0 aliphatic heterocycles. The van der Waals surface area contributed by atoms with Gasteiger partial charge in [0.1, 0.15) is 18.1 Å². The number of carbonyl (C=O) groups excluding carboxylic acids is 4. The number of carboxylic acids is 1. The highest BCUT2D eigenvalue weighted by Crippen LogP contribution is 2.07. The second-order valence-electron chi connectivity index (χ2n) is 6.79. The highest BCUT2D eigenvalue weighted by atomic mass is 16.4. The molecule has 0 aliphatic rings. The summed E-state index contributed by atoms with van der Waals surface area (Å²) >= 11 is 0. The molecule has 11 heteroatoms. The van der Waals surface area contributed by atoms with Crippen LogP contribution in [-0.4, -0.2) is 59.4 Å². The highest BCUT2D eigenvalue weighted by molar-refractivity contribution is 5.94. The van der Waals surface area contributed by atoms with Gasteiger partial charge < -0.3 is 32.5 Å². The van der Waals surface area contributed by atoms with E-state index < -0.39 is 60.1 Å². The molecule has 0 saturated heterocycles. The van der Waals surface area contributed by atoms with Gasteiger partial charge in [-0.25, -0.2) is 4.79 Å². The van der Waals surface area contributed by atoms with Crippen molar-refractivity contribution in [3.8, 4) is 0 Å². The van der Waals surface area contributed by atoms with E-state index in [0.717, 1.165) is 0 Å². The fraction of sp³-hybridized carbons (Fsp3) is 0.688. The van der Waals surface area contributed by atoms with Crippen LogP contribution in [0.1, 0.15) is 34.1 Å². The minimum Gasteiger partial charge on any atom is -0.480 e. The molecule has 0 saturated carbocycles. The van der Waals surface area contributed by atoms with E-state index in [1.807, 2.05) is 0 Å². The number of primary amides is 1. The van der Waals surface area contributed by atoms with Gasteiger partial charge in [-0.15, -0.1) is 0 Å². The van der Waals surface area contributed by atoms with Gasteiger partial charge in [0, 0.05) is 0 Å². The minimum absolute atomic E-state index is 0.280. The zero-order valence-corrected chi connectivity index (χ0v) is 15.9. The van der Waals surface area contributed by atoms with Crippen molar-refractivity contribution in [2.45, 2.75) is 52.2 Å². The molecule has 0 heterocycles. The lowest BCUT2D eigenvalue weighted by Gasteiger charge is -2.27. The van der Waals surface area contributed by atoms with Crippen LogP contribution < -0.4 is 27.4 Å². The van der Waals surface area contributed by atoms with Gasteiger partial charge in [-0.2, -0.15) is 0 Å². The third-order valence-electron chi connectivity index (χ3n) is 3.72. The molecule has 0 aliphatic carbocycles. The Labute approximate surface area is 157 Å². The van der Waals surface area contributed by atoms with E-state index >= 15 is 0 Å². The Morgan fingerprint density at radius 1 is 0.852 bits per heavy atom. The van der Waals surface area contributed by atoms with E-state index in [-0.39, 0.29) is 12.5 Å². The molecule has 154 valence electrons. The van der Waals surface area contributed by atoms with Gasteiger partial charge >= 0.3 is 5.97 Å². The average molecular weight is 387 g/mol. The lowest BCUT2D eigenvalue weighted by molar-refractivity contribution is -0.144. The molecule has 0 fully saturated rings. The fourth-order valence-electron chi connectivity index (χ4n) is 2.21. The summed E-state index contributed by atoms with van der Waals surface area (Å²) in [5.41, 5.74) is 10.2. The van der Waals surface area contributed by atoms with Crippen LogP contribution >= 0.6 is 0 Å². The van der Waals surface area contributed by atoms with Crippen molar-refractivity contribution in [1.29, 1.82) is 0 Å². The van der Waals surface area contributed by atoms with E-state index in [4.69, 9.17) is 16.6 Å². The van der Waals surface area contributed by atoms with Crippen molar-refractivity contribution in [3.05, 3.63) is 0 Å². The smallest absolute Gasteiger partial charge is 0.326 e. The summed E-state index contributed by atoms with van der Waals surface area (Å²) in [5.74, 6) is -4.90. The molecule has 4 amide bonds. The summed E-state index contributed by atoms with van der Waals surface area (Å²) in [6, 6.07) is -3.51. The van der Waals surface area contributed by atoms with E-state index in [1.165, 1.54) is 0 Å². The normalized spacial score (nSPS) is 14.2. The number of carbonyl (C=O) groups is 5. The molecule has 11 nitrogen and oxygen atoms in total. The second-order valence-corrected chi connectivity index (χ2v) is 6.79. The standard InChI is InChI=1S/C16H29N5O6/c1-7(2)12(20-11(23)6-17)15(25)21-13(8(3)4)14(24)19-9(16(26)27)5-10(18)22/h7-9,12-13H,5-6,17H2,1-4H3,(H2,18,22)(H,19,24)(H,20,23)(H,21,25)(H,26,27). The van der Waals surface area contributed by atoms with Crippen LogP contribution in [0.3, 0.4) is 0 Å². The number of hydrogen-bond donors (Lipinski definition) is 6. The highest BCUT2D eigenvalue weighted by Gasteiger charge is 2.32. The number of nitrogens with one attached hydrogen (secondary N) is 3. The molecule has 0 aromatic heterocycles. The Morgan fingerprint density at radius 3 is 1.67 bits per heavy atom. The maximum absolute atomic E-state index is 12.5. The zero-order valence-electron chi connectivity index (χ0n) is 15.9. The van der Waals surface area contributed by atoms with Crippen LogP contribution in [0.2, 0.25) is 0 Å². The van der Waals surface area contributed by atoms with Gasteiger partial charge in [-0.1, -0.05) is 27.7 Å². The number of amides is 4. The van der Waals surface area contributed by atoms with Crippen molar-refractivity contribution in [1.82, 2.24) is 16.0 Å². The predicted octanol–water partition coefficient (Wildman–Crippen LogP) is -2.33. The summed E-state index contributed by atoms with van der Waals surface area (Å²) in [7, 11) is 0. The summed E-state index contributed by atoms with van der Waals surface area (Å²) in [6.07, 6.45) is -0.582. The van der Waals surface area contributed by atoms with Gasteiger partial charge in [0.05, 0.1) is 13.0 Å². The molecule has 3 unspecified atom stereocenters. The molecule has 0 aromatic carbocycles. The minimum atomic E-state index is -1.51. The van der Waals surface area contributed by atoms with Crippen LogP contribution in [0.25, 0.3) is 0 Å². The zero-order chi connectivity index (χ0) is 21.3. The first-order valence-electron chi connectivity index (χ1n) is 8.51. The lowest BCUT2D eigenvalue weighted by Crippen LogP contribution is -2.59. The molecular weight excluding hydrogens is 358 g/mol. The Kier molecular flexibility index (Phi) is 10.0. The first-order chi connectivity index (χ1) is 12.4. The summed E-state index contributed by atoms with van der Waals surface area (Å²) in [4.78, 5) is 58.6. The van der Waals surface area contributed by atoms with Gasteiger partial charge in [0.15, 0.2) is 0 Å². The van der Waals surface area contributed by atoms with Gasteiger partial charge in [0.25, 0.3) is 0 Å². The molecular formula is C16H29N5O6. The quantitative estimate of drug-likeness (QED) is 0.229. The Bertz CT molecular complexity index is 578.